The molecule has 1 saturated carbocycles. The van der Waals surface area contributed by atoms with Gasteiger partial charge in [0.25, 0.3) is 0 Å². The molecular weight excluding hydrogens is 268 g/mol. The van der Waals surface area contributed by atoms with Crippen molar-refractivity contribution >= 4 is 0 Å². The van der Waals surface area contributed by atoms with Gasteiger partial charge in [0.05, 0.1) is 0 Å². The Morgan fingerprint density at radius 2 is 1.14 bits per heavy atom. The van der Waals surface area contributed by atoms with Gasteiger partial charge in [-0.3, -0.25) is 0 Å². The predicted molar refractivity (Wildman–Crippen MR) is 93.0 cm³/mol. The SMILES string of the molecule is CC(C)(C)C1CC(n2cccc2)CCCC(n2cccc2)C1. The molecule has 0 N–H and O–H groups in total. The molecular formula is C20H30N2. The lowest BCUT2D eigenvalue weighted by Crippen LogP contribution is -2.29. The third-order valence-electron chi connectivity index (χ3n) is 5.51. The second-order valence-corrected chi connectivity index (χ2v) is 8.03. The van der Waals surface area contributed by atoms with Gasteiger partial charge < -0.3 is 9.13 Å². The normalized spacial score (nSPS) is 27.3. The molecule has 2 heteroatoms. The summed E-state index contributed by atoms with van der Waals surface area (Å²) in [7, 11) is 0. The molecule has 1 fully saturated rings. The molecule has 0 radical (unpaired) electrons. The van der Waals surface area contributed by atoms with Crippen molar-refractivity contribution in [3.8, 4) is 0 Å². The Morgan fingerprint density at radius 3 is 1.50 bits per heavy atom. The first-order chi connectivity index (χ1) is 10.5. The van der Waals surface area contributed by atoms with Gasteiger partial charge in [-0.2, -0.15) is 0 Å². The Morgan fingerprint density at radius 1 is 0.727 bits per heavy atom. The smallest absolute Gasteiger partial charge is 0.0333 e. The fourth-order valence-electron chi connectivity index (χ4n) is 4.01. The zero-order valence-electron chi connectivity index (χ0n) is 14.3. The zero-order valence-corrected chi connectivity index (χ0v) is 14.3. The van der Waals surface area contributed by atoms with E-state index in [1.807, 2.05) is 0 Å². The Bertz CT molecular complexity index is 501. The molecule has 0 spiro atoms. The van der Waals surface area contributed by atoms with Crippen molar-refractivity contribution in [1.82, 2.24) is 9.13 Å². The van der Waals surface area contributed by atoms with Crippen molar-refractivity contribution in [3.63, 3.8) is 0 Å². The lowest BCUT2D eigenvalue weighted by molar-refractivity contribution is 0.139. The molecule has 1 aliphatic rings. The average Bonchev–Trinajstić information content (AvgIpc) is 3.10. The highest BCUT2D eigenvalue weighted by Crippen LogP contribution is 2.43. The molecule has 2 heterocycles. The molecule has 0 aliphatic heterocycles. The Balaban J connectivity index is 1.80. The van der Waals surface area contributed by atoms with Crippen LogP contribution in [-0.2, 0) is 0 Å². The van der Waals surface area contributed by atoms with E-state index >= 15 is 0 Å². The Kier molecular flexibility index (Phi) is 4.46. The summed E-state index contributed by atoms with van der Waals surface area (Å²) < 4.78 is 4.88. The molecule has 0 aromatic carbocycles. The first-order valence-electron chi connectivity index (χ1n) is 8.79. The maximum atomic E-state index is 2.44. The maximum absolute atomic E-state index is 2.44. The van der Waals surface area contributed by atoms with Gasteiger partial charge in [-0.25, -0.2) is 0 Å². The average molecular weight is 298 g/mol. The number of aromatic nitrogens is 2. The highest BCUT2D eigenvalue weighted by Gasteiger charge is 2.32. The summed E-state index contributed by atoms with van der Waals surface area (Å²) in [5.74, 6) is 0.757. The van der Waals surface area contributed by atoms with E-state index in [9.17, 15) is 0 Å². The fourth-order valence-corrected chi connectivity index (χ4v) is 4.01. The summed E-state index contributed by atoms with van der Waals surface area (Å²) in [4.78, 5) is 0. The number of nitrogens with zero attached hydrogens (tertiary/aromatic N) is 2. The van der Waals surface area contributed by atoms with Crippen molar-refractivity contribution in [2.75, 3.05) is 0 Å². The quantitative estimate of drug-likeness (QED) is 0.673. The standard InChI is InChI=1S/C20H30N2/c1-20(2,3)17-15-18(21-11-4-5-12-21)9-8-10-19(16-17)22-13-6-7-14-22/h4-7,11-14,17-19H,8-10,15-16H2,1-3H3. The molecule has 22 heavy (non-hydrogen) atoms. The van der Waals surface area contributed by atoms with Gasteiger partial charge in [0.2, 0.25) is 0 Å². The van der Waals surface area contributed by atoms with Crippen molar-refractivity contribution < 1.29 is 0 Å². The third kappa shape index (κ3) is 3.48. The van der Waals surface area contributed by atoms with Crippen molar-refractivity contribution in [3.05, 3.63) is 49.1 Å². The van der Waals surface area contributed by atoms with Crippen molar-refractivity contribution in [2.24, 2.45) is 11.3 Å². The molecule has 1 aliphatic carbocycles. The van der Waals surface area contributed by atoms with Crippen LogP contribution < -0.4 is 0 Å². The van der Waals surface area contributed by atoms with Gasteiger partial charge in [-0.15, -0.1) is 0 Å². The molecule has 2 aromatic rings. The number of hydrogen-bond acceptors (Lipinski definition) is 0. The van der Waals surface area contributed by atoms with E-state index in [-0.39, 0.29) is 0 Å². The van der Waals surface area contributed by atoms with Crippen molar-refractivity contribution in [2.45, 2.75) is 65.0 Å². The first kappa shape index (κ1) is 15.5. The molecule has 0 saturated heterocycles. The summed E-state index contributed by atoms with van der Waals surface area (Å²) in [6.45, 7) is 7.25. The highest BCUT2D eigenvalue weighted by molar-refractivity contribution is 4.97. The van der Waals surface area contributed by atoms with Crippen LogP contribution in [0.25, 0.3) is 0 Å². The van der Waals surface area contributed by atoms with E-state index < -0.39 is 0 Å². The predicted octanol–water partition coefficient (Wildman–Crippen LogP) is 5.70. The molecule has 3 rings (SSSR count). The van der Waals surface area contributed by atoms with Gasteiger partial charge in [-0.05, 0) is 67.7 Å². The van der Waals surface area contributed by atoms with Crippen LogP contribution in [0.15, 0.2) is 49.1 Å². The topological polar surface area (TPSA) is 9.86 Å². The fraction of sp³-hybridized carbons (Fsp3) is 0.600. The molecule has 0 bridgehead atoms. The van der Waals surface area contributed by atoms with E-state index in [0.29, 0.717) is 17.5 Å². The maximum Gasteiger partial charge on any atom is 0.0333 e. The van der Waals surface area contributed by atoms with Crippen LogP contribution in [0.5, 0.6) is 0 Å². The van der Waals surface area contributed by atoms with E-state index in [4.69, 9.17) is 0 Å². The zero-order chi connectivity index (χ0) is 15.6. The molecule has 2 atom stereocenters. The summed E-state index contributed by atoms with van der Waals surface area (Å²) >= 11 is 0. The van der Waals surface area contributed by atoms with Crippen LogP contribution in [0.3, 0.4) is 0 Å². The molecule has 2 aromatic heterocycles. The van der Waals surface area contributed by atoms with Crippen LogP contribution in [-0.4, -0.2) is 9.13 Å². The van der Waals surface area contributed by atoms with Crippen molar-refractivity contribution in [1.29, 1.82) is 0 Å². The summed E-state index contributed by atoms with van der Waals surface area (Å²) in [6, 6.07) is 9.98. The van der Waals surface area contributed by atoms with Gasteiger partial charge >= 0.3 is 0 Å². The minimum atomic E-state index is 0.369. The van der Waals surface area contributed by atoms with Crippen LogP contribution in [0.2, 0.25) is 0 Å². The van der Waals surface area contributed by atoms with Gasteiger partial charge in [-0.1, -0.05) is 20.8 Å². The van der Waals surface area contributed by atoms with Crippen LogP contribution in [0, 0.1) is 11.3 Å². The summed E-state index contributed by atoms with van der Waals surface area (Å²) in [6.07, 6.45) is 15.5. The molecule has 2 unspecified atom stereocenters. The number of rotatable bonds is 2. The Labute approximate surface area is 135 Å². The van der Waals surface area contributed by atoms with Crippen LogP contribution in [0.4, 0.5) is 0 Å². The summed E-state index contributed by atoms with van der Waals surface area (Å²) in [5, 5.41) is 0. The second kappa shape index (κ2) is 6.36. The van der Waals surface area contributed by atoms with E-state index in [0.717, 1.165) is 5.92 Å². The van der Waals surface area contributed by atoms with Crippen LogP contribution >= 0.6 is 0 Å². The first-order valence-corrected chi connectivity index (χ1v) is 8.79. The summed E-state index contributed by atoms with van der Waals surface area (Å²) in [5.41, 5.74) is 0.369. The minimum Gasteiger partial charge on any atom is -0.351 e. The molecule has 2 nitrogen and oxygen atoms in total. The van der Waals surface area contributed by atoms with E-state index in [1.54, 1.807) is 0 Å². The van der Waals surface area contributed by atoms with Gasteiger partial charge in [0.1, 0.15) is 0 Å². The van der Waals surface area contributed by atoms with Crippen LogP contribution in [0.1, 0.15) is 65.0 Å². The third-order valence-corrected chi connectivity index (χ3v) is 5.51. The monoisotopic (exact) mass is 298 g/mol. The Hall–Kier alpha value is -1.44. The number of hydrogen-bond donors (Lipinski definition) is 0. The lowest BCUT2D eigenvalue weighted by Gasteiger charge is -2.39. The minimum absolute atomic E-state index is 0.369. The largest absolute Gasteiger partial charge is 0.351 e. The highest BCUT2D eigenvalue weighted by atomic mass is 15.0. The van der Waals surface area contributed by atoms with Gasteiger partial charge in [0, 0.05) is 36.9 Å². The molecule has 0 amide bonds. The second-order valence-electron chi connectivity index (χ2n) is 8.03. The molecule has 120 valence electrons. The van der Waals surface area contributed by atoms with Gasteiger partial charge in [0.15, 0.2) is 0 Å². The van der Waals surface area contributed by atoms with E-state index in [1.165, 1.54) is 32.1 Å². The lowest BCUT2D eigenvalue weighted by atomic mass is 9.71. The van der Waals surface area contributed by atoms with E-state index in [2.05, 4.69) is 79.0 Å².